The topological polar surface area (TPSA) is 59.0 Å². The molecular weight excluding hydrogens is 343 g/mol. The molecule has 1 amide bonds. The van der Waals surface area contributed by atoms with Gasteiger partial charge in [0.1, 0.15) is 12.4 Å². The molecule has 0 aromatic heterocycles. The Bertz CT molecular complexity index is 786. The molecule has 0 spiro atoms. The summed E-state index contributed by atoms with van der Waals surface area (Å²) in [6.45, 7) is 5.30. The van der Waals surface area contributed by atoms with E-state index < -0.39 is 12.0 Å². The lowest BCUT2D eigenvalue weighted by atomic mass is 9.94. The minimum absolute atomic E-state index is 0.0605. The Morgan fingerprint density at radius 2 is 2.20 bits per heavy atom. The van der Waals surface area contributed by atoms with Gasteiger partial charge in [-0.2, -0.15) is 0 Å². The van der Waals surface area contributed by atoms with Gasteiger partial charge in [-0.3, -0.25) is 9.69 Å². The summed E-state index contributed by atoms with van der Waals surface area (Å²) in [5, 5.41) is 0.559. The van der Waals surface area contributed by atoms with Gasteiger partial charge in [-0.25, -0.2) is 14.2 Å². The van der Waals surface area contributed by atoms with Crippen molar-refractivity contribution >= 4 is 28.8 Å². The molecule has 0 radical (unpaired) electrons. The van der Waals surface area contributed by atoms with Crippen LogP contribution in [-0.4, -0.2) is 34.3 Å². The highest BCUT2D eigenvalue weighted by molar-refractivity contribution is 8.14. The molecule has 0 N–H and O–H groups in total. The van der Waals surface area contributed by atoms with Crippen molar-refractivity contribution in [1.29, 1.82) is 0 Å². The zero-order chi connectivity index (χ0) is 18.0. The van der Waals surface area contributed by atoms with Crippen molar-refractivity contribution in [1.82, 2.24) is 4.90 Å². The Labute approximate surface area is 149 Å². The molecule has 1 fully saturated rings. The fourth-order valence-electron chi connectivity index (χ4n) is 2.83. The second-order valence-electron chi connectivity index (χ2n) is 5.60. The Kier molecular flexibility index (Phi) is 5.03. The number of amides is 1. The van der Waals surface area contributed by atoms with Crippen LogP contribution in [0.4, 0.5) is 4.39 Å². The van der Waals surface area contributed by atoms with Gasteiger partial charge in [0, 0.05) is 12.2 Å². The normalized spacial score (nSPS) is 20.1. The Balaban J connectivity index is 2.11. The van der Waals surface area contributed by atoms with Crippen molar-refractivity contribution in [2.45, 2.75) is 19.4 Å². The van der Waals surface area contributed by atoms with Crippen LogP contribution in [0.3, 0.4) is 0 Å². The lowest BCUT2D eigenvalue weighted by Crippen LogP contribution is -2.45. The zero-order valence-corrected chi connectivity index (χ0v) is 14.5. The van der Waals surface area contributed by atoms with Crippen LogP contribution in [0, 0.1) is 5.82 Å². The Hall–Kier alpha value is -2.41. The quantitative estimate of drug-likeness (QED) is 0.611. The highest BCUT2D eigenvalue weighted by Gasteiger charge is 2.41. The molecule has 1 aromatic rings. The van der Waals surface area contributed by atoms with Crippen LogP contribution in [0.1, 0.15) is 24.9 Å². The van der Waals surface area contributed by atoms with Crippen molar-refractivity contribution in [3.05, 3.63) is 59.6 Å². The molecule has 2 heterocycles. The molecule has 2 aliphatic rings. The summed E-state index contributed by atoms with van der Waals surface area (Å²) in [5.74, 6) is -0.413. The Morgan fingerprint density at radius 3 is 2.88 bits per heavy atom. The van der Waals surface area contributed by atoms with Crippen LogP contribution in [0.15, 0.2) is 53.2 Å². The zero-order valence-electron chi connectivity index (χ0n) is 13.7. The monoisotopic (exact) mass is 360 g/mol. The number of nitrogens with zero attached hydrogens (tertiary/aromatic N) is 2. The molecule has 0 saturated carbocycles. The van der Waals surface area contributed by atoms with E-state index in [1.54, 1.807) is 19.1 Å². The number of esters is 1. The van der Waals surface area contributed by atoms with Gasteiger partial charge >= 0.3 is 5.97 Å². The highest BCUT2D eigenvalue weighted by atomic mass is 32.2. The van der Waals surface area contributed by atoms with Gasteiger partial charge in [0.25, 0.3) is 0 Å². The number of allylic oxidation sites excluding steroid dienone is 1. The summed E-state index contributed by atoms with van der Waals surface area (Å²) in [6.07, 6.45) is 1.83. The molecule has 3 rings (SSSR count). The minimum Gasteiger partial charge on any atom is -0.458 e. The summed E-state index contributed by atoms with van der Waals surface area (Å²) >= 11 is 1.47. The van der Waals surface area contributed by atoms with Gasteiger partial charge in [0.2, 0.25) is 5.91 Å². The minimum atomic E-state index is -0.675. The lowest BCUT2D eigenvalue weighted by Gasteiger charge is -2.38. The number of thioether (sulfide) groups is 1. The van der Waals surface area contributed by atoms with Crippen LogP contribution in [-0.2, 0) is 14.3 Å². The molecule has 5 nitrogen and oxygen atoms in total. The van der Waals surface area contributed by atoms with Crippen LogP contribution in [0.2, 0.25) is 0 Å². The summed E-state index contributed by atoms with van der Waals surface area (Å²) in [7, 11) is 0. The first-order chi connectivity index (χ1) is 12.0. The number of carbonyl (C=O) groups is 2. The maximum atomic E-state index is 13.3. The van der Waals surface area contributed by atoms with Gasteiger partial charge < -0.3 is 4.74 Å². The van der Waals surface area contributed by atoms with E-state index in [0.717, 1.165) is 0 Å². The highest BCUT2D eigenvalue weighted by Crippen LogP contribution is 2.40. The summed E-state index contributed by atoms with van der Waals surface area (Å²) in [5.41, 5.74) is 1.42. The average molecular weight is 360 g/mol. The van der Waals surface area contributed by atoms with E-state index in [1.807, 2.05) is 0 Å². The van der Waals surface area contributed by atoms with Crippen molar-refractivity contribution in [3.63, 3.8) is 0 Å². The Morgan fingerprint density at radius 1 is 1.48 bits per heavy atom. The molecule has 1 aromatic carbocycles. The summed E-state index contributed by atoms with van der Waals surface area (Å²) in [4.78, 5) is 31.1. The van der Waals surface area contributed by atoms with Crippen LogP contribution >= 0.6 is 11.8 Å². The van der Waals surface area contributed by atoms with Crippen LogP contribution < -0.4 is 0 Å². The summed E-state index contributed by atoms with van der Waals surface area (Å²) < 4.78 is 18.5. The molecule has 0 bridgehead atoms. The largest absolute Gasteiger partial charge is 0.458 e. The van der Waals surface area contributed by atoms with Crippen molar-refractivity contribution in [2.24, 2.45) is 4.99 Å². The fourth-order valence-corrected chi connectivity index (χ4v) is 3.84. The molecular formula is C18H17FN2O3S. The average Bonchev–Trinajstić information content (AvgIpc) is 2.59. The SMILES string of the molecule is C=CCOC(=O)C1=C(C)N=C2SCCC(=O)N2[C@@H]1c1ccc(F)cc1. The third-order valence-electron chi connectivity index (χ3n) is 3.94. The van der Waals surface area contributed by atoms with Gasteiger partial charge in [0.15, 0.2) is 5.17 Å². The number of hydrogen-bond acceptors (Lipinski definition) is 5. The third kappa shape index (κ3) is 3.37. The smallest absolute Gasteiger partial charge is 0.338 e. The molecule has 0 unspecified atom stereocenters. The predicted molar refractivity (Wildman–Crippen MR) is 94.4 cm³/mol. The van der Waals surface area contributed by atoms with Crippen molar-refractivity contribution < 1.29 is 18.7 Å². The van der Waals surface area contributed by atoms with E-state index in [2.05, 4.69) is 11.6 Å². The first kappa shape index (κ1) is 17.4. The fraction of sp³-hybridized carbons (Fsp3) is 0.278. The number of ether oxygens (including phenoxy) is 1. The van der Waals surface area contributed by atoms with E-state index in [4.69, 9.17) is 4.74 Å². The van der Waals surface area contributed by atoms with Gasteiger partial charge in [-0.15, -0.1) is 0 Å². The third-order valence-corrected chi connectivity index (χ3v) is 4.90. The van der Waals surface area contributed by atoms with Crippen LogP contribution in [0.25, 0.3) is 0 Å². The van der Waals surface area contributed by atoms with Gasteiger partial charge in [-0.05, 0) is 24.6 Å². The van der Waals surface area contributed by atoms with Crippen molar-refractivity contribution in [2.75, 3.05) is 12.4 Å². The van der Waals surface area contributed by atoms with E-state index in [0.29, 0.717) is 28.6 Å². The van der Waals surface area contributed by atoms with E-state index in [1.165, 1.54) is 34.9 Å². The molecule has 7 heteroatoms. The lowest BCUT2D eigenvalue weighted by molar-refractivity contribution is -0.139. The second kappa shape index (κ2) is 7.23. The summed E-state index contributed by atoms with van der Waals surface area (Å²) in [6, 6.07) is 5.09. The van der Waals surface area contributed by atoms with Gasteiger partial charge in [0.05, 0.1) is 17.3 Å². The number of halogens is 1. The van der Waals surface area contributed by atoms with E-state index >= 15 is 0 Å². The van der Waals surface area contributed by atoms with Gasteiger partial charge in [-0.1, -0.05) is 36.5 Å². The number of aliphatic imine (C=N–C) groups is 1. The molecule has 1 saturated heterocycles. The first-order valence-electron chi connectivity index (χ1n) is 7.80. The second-order valence-corrected chi connectivity index (χ2v) is 6.66. The van der Waals surface area contributed by atoms with E-state index in [9.17, 15) is 14.0 Å². The molecule has 25 heavy (non-hydrogen) atoms. The maximum absolute atomic E-state index is 13.3. The first-order valence-corrected chi connectivity index (χ1v) is 8.79. The number of hydrogen-bond donors (Lipinski definition) is 0. The predicted octanol–water partition coefficient (Wildman–Crippen LogP) is 3.21. The number of rotatable bonds is 4. The number of benzene rings is 1. The molecule has 1 atom stereocenters. The maximum Gasteiger partial charge on any atom is 0.338 e. The molecule has 2 aliphatic heterocycles. The van der Waals surface area contributed by atoms with E-state index in [-0.39, 0.29) is 23.9 Å². The standard InChI is InChI=1S/C18H17FN2O3S/c1-3-9-24-17(23)15-11(2)20-18-21(14(22)8-10-25-18)16(15)12-4-6-13(19)7-5-12/h3-7,16H,1,8-10H2,2H3/t16-/m1/s1. The number of amidine groups is 1. The number of carbonyl (C=O) groups excluding carboxylic acids is 2. The molecule has 0 aliphatic carbocycles. The number of fused-ring (bicyclic) bond motifs is 1. The molecule has 130 valence electrons. The van der Waals surface area contributed by atoms with Crippen molar-refractivity contribution in [3.8, 4) is 0 Å². The van der Waals surface area contributed by atoms with Crippen LogP contribution in [0.5, 0.6) is 0 Å².